The molecule has 0 aromatic carbocycles. The predicted molar refractivity (Wildman–Crippen MR) is 138 cm³/mol. The van der Waals surface area contributed by atoms with Crippen LogP contribution in [0.3, 0.4) is 0 Å². The standard InChI is InChI=1S/C29H55N2/c1-3-5-7-9-10-11-12-13-15-17-23-28(22-16-14-8-6-4-2)30-26-20-18-24-29-25-19-21-27-31(29)30/h19,25,28H,3-18,20-24,26-27H2,1-2H3/q+1. The molecule has 2 heterocycles. The van der Waals surface area contributed by atoms with Crippen molar-refractivity contribution in [2.45, 2.75) is 155 Å². The van der Waals surface area contributed by atoms with Gasteiger partial charge in [-0.2, -0.15) is 5.01 Å². The molecular formula is C29H55N2+. The Balaban J connectivity index is 1.76. The molecule has 1 atom stereocenters. The first-order valence-corrected chi connectivity index (χ1v) is 14.4. The van der Waals surface area contributed by atoms with Crippen molar-refractivity contribution >= 4 is 5.71 Å². The molecular weight excluding hydrogens is 376 g/mol. The first kappa shape index (κ1) is 26.5. The third-order valence-electron chi connectivity index (χ3n) is 7.48. The number of hydrogen-bond donors (Lipinski definition) is 0. The van der Waals surface area contributed by atoms with Gasteiger partial charge in [-0.05, 0) is 25.7 Å². The maximum atomic E-state index is 2.83. The van der Waals surface area contributed by atoms with Crippen molar-refractivity contribution in [1.29, 1.82) is 0 Å². The van der Waals surface area contributed by atoms with Gasteiger partial charge >= 0.3 is 0 Å². The van der Waals surface area contributed by atoms with E-state index < -0.39 is 0 Å². The Labute approximate surface area is 195 Å². The second-order valence-electron chi connectivity index (χ2n) is 10.3. The van der Waals surface area contributed by atoms with Gasteiger partial charge in [0.2, 0.25) is 5.71 Å². The molecule has 0 aliphatic carbocycles. The van der Waals surface area contributed by atoms with Crippen LogP contribution in [0.5, 0.6) is 0 Å². The Morgan fingerprint density at radius 2 is 1.29 bits per heavy atom. The van der Waals surface area contributed by atoms with Crippen LogP contribution >= 0.6 is 0 Å². The number of nitrogens with zero attached hydrogens (tertiary/aromatic N) is 2. The molecule has 0 fully saturated rings. The topological polar surface area (TPSA) is 6.25 Å². The highest BCUT2D eigenvalue weighted by Crippen LogP contribution is 2.23. The second kappa shape index (κ2) is 17.7. The van der Waals surface area contributed by atoms with E-state index in [2.05, 4.69) is 35.7 Å². The molecule has 2 heteroatoms. The quantitative estimate of drug-likeness (QED) is 0.155. The van der Waals surface area contributed by atoms with E-state index in [0.717, 1.165) is 6.04 Å². The smallest absolute Gasteiger partial charge is 0.183 e. The Morgan fingerprint density at radius 1 is 0.742 bits per heavy atom. The molecule has 2 aliphatic heterocycles. The number of hydrazine groups is 1. The Kier molecular flexibility index (Phi) is 15.1. The van der Waals surface area contributed by atoms with Gasteiger partial charge < -0.3 is 0 Å². The Bertz CT molecular complexity index is 493. The lowest BCUT2D eigenvalue weighted by atomic mass is 9.99. The molecule has 2 rings (SSSR count). The summed E-state index contributed by atoms with van der Waals surface area (Å²) in [6.45, 7) is 7.14. The molecule has 2 aliphatic rings. The van der Waals surface area contributed by atoms with Crippen LogP contribution < -0.4 is 0 Å². The SMILES string of the molecule is CCCCCCCCCCCCC(CCCCCCC)N1CCCCC2=[N+]1CCC=C2. The summed E-state index contributed by atoms with van der Waals surface area (Å²) < 4.78 is 2.71. The molecule has 0 aromatic heterocycles. The van der Waals surface area contributed by atoms with E-state index in [4.69, 9.17) is 0 Å². The first-order chi connectivity index (χ1) is 15.4. The van der Waals surface area contributed by atoms with Crippen molar-refractivity contribution in [3.05, 3.63) is 12.2 Å². The van der Waals surface area contributed by atoms with E-state index in [1.807, 2.05) is 0 Å². The van der Waals surface area contributed by atoms with Gasteiger partial charge in [-0.25, -0.2) is 0 Å². The minimum absolute atomic E-state index is 0.773. The van der Waals surface area contributed by atoms with E-state index >= 15 is 0 Å². The van der Waals surface area contributed by atoms with Crippen LogP contribution in [0.1, 0.15) is 149 Å². The maximum absolute atomic E-state index is 2.83. The summed E-state index contributed by atoms with van der Waals surface area (Å²) in [5.41, 5.74) is 1.60. The third kappa shape index (κ3) is 11.1. The molecule has 0 N–H and O–H groups in total. The molecule has 0 radical (unpaired) electrons. The Hall–Kier alpha value is -0.790. The molecule has 0 bridgehead atoms. The van der Waals surface area contributed by atoms with Crippen molar-refractivity contribution in [3.8, 4) is 0 Å². The lowest BCUT2D eigenvalue weighted by Crippen LogP contribution is -2.46. The first-order valence-electron chi connectivity index (χ1n) is 14.4. The average Bonchev–Trinajstić information content (AvgIpc) is 3.01. The second-order valence-corrected chi connectivity index (χ2v) is 10.3. The summed E-state index contributed by atoms with van der Waals surface area (Å²) in [6, 6.07) is 0.773. The normalized spacial score (nSPS) is 17.7. The van der Waals surface area contributed by atoms with E-state index in [-0.39, 0.29) is 0 Å². The highest BCUT2D eigenvalue weighted by atomic mass is 15.6. The molecule has 0 saturated carbocycles. The fraction of sp³-hybridized carbons (Fsp3) is 0.897. The number of unbranched alkanes of at least 4 members (excludes halogenated alkanes) is 13. The third-order valence-corrected chi connectivity index (χ3v) is 7.48. The summed E-state index contributed by atoms with van der Waals surface area (Å²) in [7, 11) is 0. The molecule has 1 unspecified atom stereocenters. The van der Waals surface area contributed by atoms with Crippen LogP contribution in [0, 0.1) is 0 Å². The van der Waals surface area contributed by atoms with Crippen LogP contribution in [0.15, 0.2) is 12.2 Å². The van der Waals surface area contributed by atoms with E-state index in [9.17, 15) is 0 Å². The molecule has 31 heavy (non-hydrogen) atoms. The Morgan fingerprint density at radius 3 is 1.87 bits per heavy atom. The van der Waals surface area contributed by atoms with Gasteiger partial charge in [0, 0.05) is 18.9 Å². The number of allylic oxidation sites excluding steroid dienone is 1. The number of hydrazone groups is 1. The summed E-state index contributed by atoms with van der Waals surface area (Å²) in [5.74, 6) is 0. The van der Waals surface area contributed by atoms with E-state index in [1.54, 1.807) is 5.71 Å². The highest BCUT2D eigenvalue weighted by molar-refractivity contribution is 5.91. The van der Waals surface area contributed by atoms with Gasteiger partial charge in [-0.3, -0.25) is 0 Å². The zero-order valence-electron chi connectivity index (χ0n) is 21.4. The summed E-state index contributed by atoms with van der Waals surface area (Å²) in [4.78, 5) is 0. The summed E-state index contributed by atoms with van der Waals surface area (Å²) >= 11 is 0. The van der Waals surface area contributed by atoms with Gasteiger partial charge in [-0.1, -0.05) is 116 Å². The fourth-order valence-corrected chi connectivity index (χ4v) is 5.53. The largest absolute Gasteiger partial charge is 0.205 e. The van der Waals surface area contributed by atoms with Crippen LogP contribution in [0.25, 0.3) is 0 Å². The lowest BCUT2D eigenvalue weighted by molar-refractivity contribution is -0.698. The van der Waals surface area contributed by atoms with Gasteiger partial charge in [-0.15, -0.1) is 4.68 Å². The van der Waals surface area contributed by atoms with E-state index in [0.29, 0.717) is 0 Å². The van der Waals surface area contributed by atoms with Crippen LogP contribution in [-0.2, 0) is 0 Å². The number of hydrogen-bond acceptors (Lipinski definition) is 1. The molecule has 0 aromatic rings. The maximum Gasteiger partial charge on any atom is 0.205 e. The zero-order valence-corrected chi connectivity index (χ0v) is 21.4. The van der Waals surface area contributed by atoms with Crippen molar-refractivity contribution in [1.82, 2.24) is 5.01 Å². The molecule has 0 saturated heterocycles. The van der Waals surface area contributed by atoms with Gasteiger partial charge in [0.1, 0.15) is 0 Å². The van der Waals surface area contributed by atoms with Crippen molar-refractivity contribution in [3.63, 3.8) is 0 Å². The van der Waals surface area contributed by atoms with Gasteiger partial charge in [0.05, 0.1) is 12.6 Å². The van der Waals surface area contributed by atoms with Gasteiger partial charge in [0.15, 0.2) is 6.54 Å². The predicted octanol–water partition coefficient (Wildman–Crippen LogP) is 8.84. The van der Waals surface area contributed by atoms with Crippen molar-refractivity contribution in [2.24, 2.45) is 0 Å². The van der Waals surface area contributed by atoms with E-state index in [1.165, 1.54) is 148 Å². The van der Waals surface area contributed by atoms with Crippen LogP contribution in [0.2, 0.25) is 0 Å². The fourth-order valence-electron chi connectivity index (χ4n) is 5.53. The van der Waals surface area contributed by atoms with Crippen LogP contribution in [0.4, 0.5) is 0 Å². The summed E-state index contributed by atoms with van der Waals surface area (Å²) in [5, 5.41) is 2.83. The minimum atomic E-state index is 0.773. The molecule has 2 nitrogen and oxygen atoms in total. The summed E-state index contributed by atoms with van der Waals surface area (Å²) in [6.07, 6.45) is 34.4. The average molecular weight is 432 g/mol. The van der Waals surface area contributed by atoms with Gasteiger partial charge in [0.25, 0.3) is 0 Å². The molecule has 0 spiro atoms. The molecule has 180 valence electrons. The van der Waals surface area contributed by atoms with Crippen molar-refractivity contribution < 1.29 is 4.68 Å². The van der Waals surface area contributed by atoms with Crippen molar-refractivity contribution in [2.75, 3.05) is 13.1 Å². The van der Waals surface area contributed by atoms with Crippen LogP contribution in [-0.4, -0.2) is 34.5 Å². The number of rotatable bonds is 18. The zero-order chi connectivity index (χ0) is 22.0. The minimum Gasteiger partial charge on any atom is -0.183 e. The monoisotopic (exact) mass is 431 g/mol. The molecule has 0 amide bonds. The lowest BCUT2D eigenvalue weighted by Gasteiger charge is -2.30. The highest BCUT2D eigenvalue weighted by Gasteiger charge is 2.31.